The van der Waals surface area contributed by atoms with Crippen LogP contribution in [-0.4, -0.2) is 17.0 Å². The highest BCUT2D eigenvalue weighted by Gasteiger charge is 2.11. The van der Waals surface area contributed by atoms with Crippen molar-refractivity contribution in [3.63, 3.8) is 0 Å². The Bertz CT molecular complexity index is 847. The maximum Gasteiger partial charge on any atom is 0.335 e. The van der Waals surface area contributed by atoms with Gasteiger partial charge in [0, 0.05) is 5.57 Å². The molecule has 0 saturated heterocycles. The minimum Gasteiger partial charge on any atom is -0.478 e. The number of rotatable bonds is 4. The molecular weight excluding hydrogens is 373 g/mol. The standard InChI is InChI=1S/C17H12Cl3NO3/c1-9(6-10-2-4-12(18)14(20)7-10)16(22)21-15-8-11(17(23)24)3-5-13(15)19/h2-8H,1H3,(H,21,22)(H,23,24)/b9-6+. The van der Waals surface area contributed by atoms with Crippen LogP contribution >= 0.6 is 34.8 Å². The second kappa shape index (κ2) is 7.71. The first-order valence-electron chi connectivity index (χ1n) is 6.75. The Morgan fingerprint density at radius 3 is 2.29 bits per heavy atom. The Labute approximate surface area is 153 Å². The molecule has 1 amide bonds. The van der Waals surface area contributed by atoms with Crippen molar-refractivity contribution < 1.29 is 14.7 Å². The van der Waals surface area contributed by atoms with Crippen molar-refractivity contribution in [2.75, 3.05) is 5.32 Å². The molecule has 0 aliphatic heterocycles. The van der Waals surface area contributed by atoms with E-state index in [4.69, 9.17) is 39.9 Å². The van der Waals surface area contributed by atoms with Gasteiger partial charge >= 0.3 is 5.97 Å². The molecule has 0 heterocycles. The molecule has 0 unspecified atom stereocenters. The lowest BCUT2D eigenvalue weighted by atomic mass is 10.1. The van der Waals surface area contributed by atoms with Crippen molar-refractivity contribution >= 4 is 58.4 Å². The van der Waals surface area contributed by atoms with Gasteiger partial charge in [0.05, 0.1) is 26.3 Å². The highest BCUT2D eigenvalue weighted by molar-refractivity contribution is 6.42. The van der Waals surface area contributed by atoms with Crippen LogP contribution in [0.5, 0.6) is 0 Å². The van der Waals surface area contributed by atoms with Crippen molar-refractivity contribution in [2.45, 2.75) is 6.92 Å². The van der Waals surface area contributed by atoms with Gasteiger partial charge in [-0.2, -0.15) is 0 Å². The molecular formula is C17H12Cl3NO3. The first-order chi connectivity index (χ1) is 11.3. The maximum absolute atomic E-state index is 12.3. The monoisotopic (exact) mass is 383 g/mol. The normalized spacial score (nSPS) is 11.2. The summed E-state index contributed by atoms with van der Waals surface area (Å²) in [6, 6.07) is 9.07. The second-order valence-electron chi connectivity index (χ2n) is 4.95. The van der Waals surface area contributed by atoms with Crippen molar-refractivity contribution in [1.29, 1.82) is 0 Å². The third-order valence-electron chi connectivity index (χ3n) is 3.15. The first kappa shape index (κ1) is 18.3. The lowest BCUT2D eigenvalue weighted by molar-refractivity contribution is -0.112. The van der Waals surface area contributed by atoms with E-state index < -0.39 is 11.9 Å². The summed E-state index contributed by atoms with van der Waals surface area (Å²) < 4.78 is 0. The van der Waals surface area contributed by atoms with Crippen LogP contribution in [0.4, 0.5) is 5.69 Å². The van der Waals surface area contributed by atoms with E-state index in [2.05, 4.69) is 5.32 Å². The number of carboxylic acid groups (broad SMARTS) is 1. The average Bonchev–Trinajstić information content (AvgIpc) is 2.52. The van der Waals surface area contributed by atoms with Crippen molar-refractivity contribution in [2.24, 2.45) is 0 Å². The molecule has 4 nitrogen and oxygen atoms in total. The number of carbonyl (C=O) groups excluding carboxylic acids is 1. The van der Waals surface area contributed by atoms with Crippen LogP contribution in [0.1, 0.15) is 22.8 Å². The van der Waals surface area contributed by atoms with Crippen LogP contribution in [0, 0.1) is 0 Å². The molecule has 0 saturated carbocycles. The molecule has 7 heteroatoms. The summed E-state index contributed by atoms with van der Waals surface area (Å²) >= 11 is 17.8. The largest absolute Gasteiger partial charge is 0.478 e. The van der Waals surface area contributed by atoms with Gasteiger partial charge in [-0.25, -0.2) is 4.79 Å². The lowest BCUT2D eigenvalue weighted by Crippen LogP contribution is -2.13. The van der Waals surface area contributed by atoms with E-state index in [9.17, 15) is 9.59 Å². The van der Waals surface area contributed by atoms with Gasteiger partial charge < -0.3 is 10.4 Å². The molecule has 0 spiro atoms. The third kappa shape index (κ3) is 4.51. The van der Waals surface area contributed by atoms with Gasteiger partial charge in [0.1, 0.15) is 0 Å². The SMILES string of the molecule is C/C(=C\c1ccc(Cl)c(Cl)c1)C(=O)Nc1cc(C(=O)O)ccc1Cl. The molecule has 24 heavy (non-hydrogen) atoms. The molecule has 2 rings (SSSR count). The Kier molecular flexibility index (Phi) is 5.89. The van der Waals surface area contributed by atoms with E-state index in [0.717, 1.165) is 0 Å². The topological polar surface area (TPSA) is 66.4 Å². The zero-order valence-electron chi connectivity index (χ0n) is 12.4. The molecule has 124 valence electrons. The minimum atomic E-state index is -1.11. The highest BCUT2D eigenvalue weighted by Crippen LogP contribution is 2.25. The van der Waals surface area contributed by atoms with Crippen LogP contribution in [0.2, 0.25) is 15.1 Å². The van der Waals surface area contributed by atoms with Gasteiger partial charge in [-0.1, -0.05) is 40.9 Å². The van der Waals surface area contributed by atoms with Crippen LogP contribution in [0.15, 0.2) is 42.0 Å². The zero-order chi connectivity index (χ0) is 17.9. The van der Waals surface area contributed by atoms with E-state index in [1.54, 1.807) is 31.2 Å². The van der Waals surface area contributed by atoms with Crippen LogP contribution in [-0.2, 0) is 4.79 Å². The van der Waals surface area contributed by atoms with Crippen molar-refractivity contribution in [3.05, 3.63) is 68.2 Å². The van der Waals surface area contributed by atoms with Gasteiger partial charge in [-0.15, -0.1) is 0 Å². The van der Waals surface area contributed by atoms with Gasteiger partial charge in [0.15, 0.2) is 0 Å². The number of hydrogen-bond donors (Lipinski definition) is 2. The molecule has 0 bridgehead atoms. The minimum absolute atomic E-state index is 0.0285. The number of carbonyl (C=O) groups is 2. The molecule has 0 aliphatic carbocycles. The predicted octanol–water partition coefficient (Wildman–Crippen LogP) is 5.39. The summed E-state index contributed by atoms with van der Waals surface area (Å²) in [5.41, 5.74) is 1.36. The highest BCUT2D eigenvalue weighted by atomic mass is 35.5. The summed E-state index contributed by atoms with van der Waals surface area (Å²) in [4.78, 5) is 23.3. The quantitative estimate of drug-likeness (QED) is 0.695. The molecule has 0 radical (unpaired) electrons. The molecule has 2 aromatic carbocycles. The summed E-state index contributed by atoms with van der Waals surface area (Å²) in [6.07, 6.45) is 1.63. The summed E-state index contributed by atoms with van der Waals surface area (Å²) in [6.45, 7) is 1.62. The lowest BCUT2D eigenvalue weighted by Gasteiger charge is -2.09. The number of benzene rings is 2. The van der Waals surface area contributed by atoms with Crippen molar-refractivity contribution in [1.82, 2.24) is 0 Å². The Morgan fingerprint density at radius 1 is 1.00 bits per heavy atom. The summed E-state index contributed by atoms with van der Waals surface area (Å²) in [5, 5.41) is 12.6. The molecule has 2 aromatic rings. The molecule has 0 atom stereocenters. The van der Waals surface area contributed by atoms with E-state index in [1.807, 2.05) is 0 Å². The molecule has 0 fully saturated rings. The van der Waals surface area contributed by atoms with Crippen LogP contribution < -0.4 is 5.32 Å². The number of anilines is 1. The average molecular weight is 385 g/mol. The fourth-order valence-electron chi connectivity index (χ4n) is 1.89. The van der Waals surface area contributed by atoms with E-state index in [-0.39, 0.29) is 16.3 Å². The van der Waals surface area contributed by atoms with E-state index in [1.165, 1.54) is 18.2 Å². The fourth-order valence-corrected chi connectivity index (χ4v) is 2.36. The number of amides is 1. The predicted molar refractivity (Wildman–Crippen MR) is 97.2 cm³/mol. The number of carboxylic acids is 1. The van der Waals surface area contributed by atoms with Crippen LogP contribution in [0.25, 0.3) is 6.08 Å². The number of nitrogens with one attached hydrogen (secondary N) is 1. The number of hydrogen-bond acceptors (Lipinski definition) is 2. The summed E-state index contributed by atoms with van der Waals surface area (Å²) in [5.74, 6) is -1.52. The van der Waals surface area contributed by atoms with Gasteiger partial charge in [0.25, 0.3) is 5.91 Å². The molecule has 2 N–H and O–H groups in total. The fraction of sp³-hybridized carbons (Fsp3) is 0.0588. The first-order valence-corrected chi connectivity index (χ1v) is 7.89. The smallest absolute Gasteiger partial charge is 0.335 e. The Balaban J connectivity index is 2.22. The molecule has 0 aromatic heterocycles. The molecule has 0 aliphatic rings. The van der Waals surface area contributed by atoms with Gasteiger partial charge in [0.2, 0.25) is 0 Å². The number of aromatic carboxylic acids is 1. The van der Waals surface area contributed by atoms with E-state index in [0.29, 0.717) is 21.2 Å². The zero-order valence-corrected chi connectivity index (χ0v) is 14.7. The third-order valence-corrected chi connectivity index (χ3v) is 4.22. The summed E-state index contributed by atoms with van der Waals surface area (Å²) in [7, 11) is 0. The van der Waals surface area contributed by atoms with Gasteiger partial charge in [-0.05, 0) is 48.9 Å². The Morgan fingerprint density at radius 2 is 1.67 bits per heavy atom. The van der Waals surface area contributed by atoms with Gasteiger partial charge in [-0.3, -0.25) is 4.79 Å². The second-order valence-corrected chi connectivity index (χ2v) is 6.18. The number of halogens is 3. The van der Waals surface area contributed by atoms with Crippen LogP contribution in [0.3, 0.4) is 0 Å². The maximum atomic E-state index is 12.3. The van der Waals surface area contributed by atoms with E-state index >= 15 is 0 Å². The Hall–Kier alpha value is -2.01. The van der Waals surface area contributed by atoms with Crippen molar-refractivity contribution in [3.8, 4) is 0 Å².